The van der Waals surface area contributed by atoms with Crippen molar-refractivity contribution in [2.24, 2.45) is 0 Å². The summed E-state index contributed by atoms with van der Waals surface area (Å²) in [5.74, 6) is 0.631. The third-order valence-electron chi connectivity index (χ3n) is 3.71. The first-order valence-electron chi connectivity index (χ1n) is 6.78. The second-order valence-electron chi connectivity index (χ2n) is 5.28. The molecule has 1 atom stereocenters. The van der Waals surface area contributed by atoms with Gasteiger partial charge in [0.1, 0.15) is 0 Å². The lowest BCUT2D eigenvalue weighted by atomic mass is 9.92. The van der Waals surface area contributed by atoms with E-state index in [0.717, 1.165) is 0 Å². The molecule has 0 heterocycles. The SMILES string of the molecule is Cc1ccc(CCC(C)c2ccccc2)c(C)c1. The van der Waals surface area contributed by atoms with Crippen molar-refractivity contribution in [1.29, 1.82) is 0 Å². The Morgan fingerprint density at radius 1 is 0.944 bits per heavy atom. The van der Waals surface area contributed by atoms with Crippen LogP contribution >= 0.6 is 0 Å². The van der Waals surface area contributed by atoms with E-state index in [1.54, 1.807) is 0 Å². The van der Waals surface area contributed by atoms with E-state index in [9.17, 15) is 0 Å². The molecule has 0 saturated heterocycles. The molecule has 2 aromatic carbocycles. The van der Waals surface area contributed by atoms with Gasteiger partial charge in [-0.05, 0) is 49.3 Å². The van der Waals surface area contributed by atoms with Crippen molar-refractivity contribution in [1.82, 2.24) is 0 Å². The zero-order valence-electron chi connectivity index (χ0n) is 11.6. The highest BCUT2D eigenvalue weighted by atomic mass is 14.1. The van der Waals surface area contributed by atoms with Crippen molar-refractivity contribution in [2.45, 2.75) is 39.5 Å². The Balaban J connectivity index is 1.99. The topological polar surface area (TPSA) is 0 Å². The number of hydrogen-bond acceptors (Lipinski definition) is 0. The molecule has 0 bridgehead atoms. The molecule has 0 amide bonds. The lowest BCUT2D eigenvalue weighted by Crippen LogP contribution is -1.98. The Morgan fingerprint density at radius 2 is 1.67 bits per heavy atom. The molecule has 0 spiro atoms. The number of aryl methyl sites for hydroxylation is 3. The van der Waals surface area contributed by atoms with E-state index in [1.165, 1.54) is 35.1 Å². The molecule has 0 aromatic heterocycles. The summed E-state index contributed by atoms with van der Waals surface area (Å²) >= 11 is 0. The molecule has 0 radical (unpaired) electrons. The fourth-order valence-electron chi connectivity index (χ4n) is 2.45. The van der Waals surface area contributed by atoms with Gasteiger partial charge in [-0.2, -0.15) is 0 Å². The molecular weight excluding hydrogens is 216 g/mol. The van der Waals surface area contributed by atoms with Gasteiger partial charge in [-0.1, -0.05) is 61.0 Å². The Kier molecular flexibility index (Phi) is 4.19. The second-order valence-corrected chi connectivity index (χ2v) is 5.28. The summed E-state index contributed by atoms with van der Waals surface area (Å²) in [5.41, 5.74) is 5.72. The fourth-order valence-corrected chi connectivity index (χ4v) is 2.45. The van der Waals surface area contributed by atoms with E-state index >= 15 is 0 Å². The quantitative estimate of drug-likeness (QED) is 0.700. The largest absolute Gasteiger partial charge is 0.0622 e. The zero-order chi connectivity index (χ0) is 13.0. The number of rotatable bonds is 4. The molecule has 2 aromatic rings. The summed E-state index contributed by atoms with van der Waals surface area (Å²) in [6, 6.07) is 17.6. The van der Waals surface area contributed by atoms with Crippen LogP contribution in [0.1, 0.15) is 41.5 Å². The number of hydrogen-bond donors (Lipinski definition) is 0. The summed E-state index contributed by atoms with van der Waals surface area (Å²) in [4.78, 5) is 0. The van der Waals surface area contributed by atoms with Crippen molar-refractivity contribution in [3.05, 3.63) is 70.8 Å². The predicted molar refractivity (Wildman–Crippen MR) is 79.1 cm³/mol. The Bertz CT molecular complexity index is 497. The first-order valence-corrected chi connectivity index (χ1v) is 6.78. The first kappa shape index (κ1) is 12.9. The van der Waals surface area contributed by atoms with Gasteiger partial charge in [0.2, 0.25) is 0 Å². The van der Waals surface area contributed by atoms with Gasteiger partial charge in [0, 0.05) is 0 Å². The van der Waals surface area contributed by atoms with Gasteiger partial charge in [-0.25, -0.2) is 0 Å². The molecule has 0 aliphatic carbocycles. The highest BCUT2D eigenvalue weighted by Crippen LogP contribution is 2.22. The van der Waals surface area contributed by atoms with Gasteiger partial charge in [-0.15, -0.1) is 0 Å². The molecule has 18 heavy (non-hydrogen) atoms. The van der Waals surface area contributed by atoms with Crippen LogP contribution in [0.5, 0.6) is 0 Å². The van der Waals surface area contributed by atoms with Crippen LogP contribution in [0.3, 0.4) is 0 Å². The van der Waals surface area contributed by atoms with E-state index in [2.05, 4.69) is 69.3 Å². The minimum atomic E-state index is 0.631. The van der Waals surface area contributed by atoms with Crippen molar-refractivity contribution >= 4 is 0 Å². The molecule has 0 fully saturated rings. The predicted octanol–water partition coefficient (Wildman–Crippen LogP) is 5.04. The molecule has 94 valence electrons. The standard InChI is InChI=1S/C18H22/c1-14-9-11-18(16(3)13-14)12-10-15(2)17-7-5-4-6-8-17/h4-9,11,13,15H,10,12H2,1-3H3. The molecular formula is C18H22. The van der Waals surface area contributed by atoms with E-state index in [4.69, 9.17) is 0 Å². The van der Waals surface area contributed by atoms with Crippen LogP contribution in [0.15, 0.2) is 48.5 Å². The third kappa shape index (κ3) is 3.22. The van der Waals surface area contributed by atoms with Gasteiger partial charge < -0.3 is 0 Å². The van der Waals surface area contributed by atoms with Crippen LogP contribution in [-0.2, 0) is 6.42 Å². The van der Waals surface area contributed by atoms with Gasteiger partial charge in [0.15, 0.2) is 0 Å². The van der Waals surface area contributed by atoms with E-state index in [1.807, 2.05) is 0 Å². The average Bonchev–Trinajstić information content (AvgIpc) is 2.38. The lowest BCUT2D eigenvalue weighted by molar-refractivity contribution is 0.678. The maximum atomic E-state index is 2.32. The van der Waals surface area contributed by atoms with Crippen LogP contribution in [0.2, 0.25) is 0 Å². The van der Waals surface area contributed by atoms with Crippen molar-refractivity contribution in [3.8, 4) is 0 Å². The normalized spacial score (nSPS) is 12.4. The molecule has 0 nitrogen and oxygen atoms in total. The maximum Gasteiger partial charge on any atom is -0.0187 e. The van der Waals surface area contributed by atoms with Crippen molar-refractivity contribution in [3.63, 3.8) is 0 Å². The van der Waals surface area contributed by atoms with Crippen molar-refractivity contribution < 1.29 is 0 Å². The smallest absolute Gasteiger partial charge is 0.0187 e. The molecule has 0 aliphatic rings. The molecule has 0 heteroatoms. The fraction of sp³-hybridized carbons (Fsp3) is 0.333. The van der Waals surface area contributed by atoms with Crippen LogP contribution in [0, 0.1) is 13.8 Å². The monoisotopic (exact) mass is 238 g/mol. The second kappa shape index (κ2) is 5.86. The summed E-state index contributed by atoms with van der Waals surface area (Å²) in [5, 5.41) is 0. The molecule has 0 aliphatic heterocycles. The highest BCUT2D eigenvalue weighted by molar-refractivity contribution is 5.30. The van der Waals surface area contributed by atoms with E-state index in [-0.39, 0.29) is 0 Å². The van der Waals surface area contributed by atoms with Gasteiger partial charge in [-0.3, -0.25) is 0 Å². The lowest BCUT2D eigenvalue weighted by Gasteiger charge is -2.13. The van der Waals surface area contributed by atoms with E-state index in [0.29, 0.717) is 5.92 Å². The van der Waals surface area contributed by atoms with Crippen LogP contribution in [0.25, 0.3) is 0 Å². The van der Waals surface area contributed by atoms with Gasteiger partial charge >= 0.3 is 0 Å². The van der Waals surface area contributed by atoms with Crippen molar-refractivity contribution in [2.75, 3.05) is 0 Å². The third-order valence-corrected chi connectivity index (χ3v) is 3.71. The van der Waals surface area contributed by atoms with Gasteiger partial charge in [0.25, 0.3) is 0 Å². The van der Waals surface area contributed by atoms with Gasteiger partial charge in [0.05, 0.1) is 0 Å². The van der Waals surface area contributed by atoms with Crippen LogP contribution < -0.4 is 0 Å². The maximum absolute atomic E-state index is 2.32. The summed E-state index contributed by atoms with van der Waals surface area (Å²) in [6.45, 7) is 6.69. The summed E-state index contributed by atoms with van der Waals surface area (Å²) in [6.07, 6.45) is 2.39. The molecule has 1 unspecified atom stereocenters. The number of benzene rings is 2. The van der Waals surface area contributed by atoms with Crippen LogP contribution in [-0.4, -0.2) is 0 Å². The highest BCUT2D eigenvalue weighted by Gasteiger charge is 2.06. The Labute approximate surface area is 111 Å². The summed E-state index contributed by atoms with van der Waals surface area (Å²) < 4.78 is 0. The summed E-state index contributed by atoms with van der Waals surface area (Å²) in [7, 11) is 0. The molecule has 2 rings (SSSR count). The Hall–Kier alpha value is -1.56. The minimum Gasteiger partial charge on any atom is -0.0622 e. The van der Waals surface area contributed by atoms with Crippen LogP contribution in [0.4, 0.5) is 0 Å². The zero-order valence-corrected chi connectivity index (χ0v) is 11.6. The molecule has 0 N–H and O–H groups in total. The molecule has 0 saturated carbocycles. The van der Waals surface area contributed by atoms with E-state index < -0.39 is 0 Å². The Morgan fingerprint density at radius 3 is 2.33 bits per heavy atom. The minimum absolute atomic E-state index is 0.631. The first-order chi connectivity index (χ1) is 8.66. The average molecular weight is 238 g/mol.